The molecule has 2 bridgehead atoms. The number of sulfonamides is 1. The van der Waals surface area contributed by atoms with Crippen LogP contribution in [0.2, 0.25) is 5.02 Å². The first kappa shape index (κ1) is 19.4. The molecule has 5 nitrogen and oxygen atoms in total. The van der Waals surface area contributed by atoms with Gasteiger partial charge in [0, 0.05) is 6.42 Å². The van der Waals surface area contributed by atoms with Gasteiger partial charge in [-0.15, -0.1) is 0 Å². The molecule has 1 N–H and O–H groups in total. The molecule has 0 amide bonds. The van der Waals surface area contributed by atoms with Gasteiger partial charge >= 0.3 is 6.61 Å². The Kier molecular flexibility index (Phi) is 4.72. The van der Waals surface area contributed by atoms with Gasteiger partial charge in [-0.3, -0.25) is 9.52 Å². The van der Waals surface area contributed by atoms with Crippen LogP contribution in [-0.2, 0) is 14.8 Å². The maximum atomic E-state index is 12.7. The third-order valence-corrected chi connectivity index (χ3v) is 7.71. The number of Topliss-reactive ketones (excluding diaryl/α,β-unsaturated/α-hetero) is 1. The number of halogens is 3. The Morgan fingerprint density at radius 1 is 1.38 bits per heavy atom. The lowest BCUT2D eigenvalue weighted by atomic mass is 9.70. The Morgan fingerprint density at radius 2 is 2.08 bits per heavy atom. The van der Waals surface area contributed by atoms with Crippen LogP contribution in [0.3, 0.4) is 0 Å². The Labute approximate surface area is 156 Å². The first-order valence-electron chi connectivity index (χ1n) is 8.25. The van der Waals surface area contributed by atoms with E-state index in [0.29, 0.717) is 12.8 Å². The van der Waals surface area contributed by atoms with E-state index in [4.69, 9.17) is 11.6 Å². The Balaban J connectivity index is 1.80. The molecular formula is C17H20ClF2NO4S. The molecule has 2 aliphatic carbocycles. The summed E-state index contributed by atoms with van der Waals surface area (Å²) >= 11 is 5.86. The largest absolute Gasteiger partial charge is 0.433 e. The zero-order chi connectivity index (χ0) is 19.3. The molecule has 2 saturated carbocycles. The first-order valence-corrected chi connectivity index (χ1v) is 10.3. The molecule has 2 atom stereocenters. The van der Waals surface area contributed by atoms with E-state index < -0.39 is 22.0 Å². The molecule has 0 aromatic heterocycles. The Morgan fingerprint density at radius 3 is 2.58 bits per heavy atom. The Hall–Kier alpha value is -1.41. The van der Waals surface area contributed by atoms with E-state index >= 15 is 0 Å². The topological polar surface area (TPSA) is 72.5 Å². The summed E-state index contributed by atoms with van der Waals surface area (Å²) in [5.74, 6) is -0.322. The molecule has 3 rings (SSSR count). The molecule has 9 heteroatoms. The summed E-state index contributed by atoms with van der Waals surface area (Å²) in [6.45, 7) is 0.886. The lowest BCUT2D eigenvalue weighted by Gasteiger charge is -2.36. The van der Waals surface area contributed by atoms with Gasteiger partial charge in [0.2, 0.25) is 10.0 Å². The van der Waals surface area contributed by atoms with Gasteiger partial charge in [0.1, 0.15) is 11.5 Å². The molecule has 1 aromatic rings. The van der Waals surface area contributed by atoms with Crippen molar-refractivity contribution >= 4 is 33.1 Å². The van der Waals surface area contributed by atoms with E-state index in [2.05, 4.69) is 9.46 Å². The highest BCUT2D eigenvalue weighted by atomic mass is 35.5. The summed E-state index contributed by atoms with van der Waals surface area (Å²) in [5, 5.41) is -0.137. The van der Waals surface area contributed by atoms with Gasteiger partial charge in [0.25, 0.3) is 0 Å². The van der Waals surface area contributed by atoms with E-state index in [0.717, 1.165) is 6.42 Å². The minimum Gasteiger partial charge on any atom is -0.433 e. The van der Waals surface area contributed by atoms with Crippen molar-refractivity contribution in [3.63, 3.8) is 0 Å². The summed E-state index contributed by atoms with van der Waals surface area (Å²) in [6.07, 6.45) is 1.83. The van der Waals surface area contributed by atoms with Crippen molar-refractivity contribution in [3.8, 4) is 5.75 Å². The zero-order valence-electron chi connectivity index (χ0n) is 14.4. The fourth-order valence-corrected chi connectivity index (χ4v) is 6.51. The molecule has 0 saturated heterocycles. The maximum Gasteiger partial charge on any atom is 0.387 e. The van der Waals surface area contributed by atoms with Crippen LogP contribution in [-0.4, -0.2) is 26.6 Å². The van der Waals surface area contributed by atoms with E-state index in [1.54, 1.807) is 0 Å². The second-order valence-electron chi connectivity index (χ2n) is 7.55. The van der Waals surface area contributed by atoms with Crippen LogP contribution >= 0.6 is 11.6 Å². The average molecular weight is 408 g/mol. The second kappa shape index (κ2) is 6.34. The molecule has 2 aliphatic rings. The highest BCUT2D eigenvalue weighted by Gasteiger charge is 2.65. The Bertz CT molecular complexity index is 843. The number of hydrogen-bond donors (Lipinski definition) is 1. The van der Waals surface area contributed by atoms with Crippen molar-refractivity contribution in [2.24, 2.45) is 16.7 Å². The van der Waals surface area contributed by atoms with Gasteiger partial charge < -0.3 is 4.74 Å². The lowest BCUT2D eigenvalue weighted by Crippen LogP contribution is -2.43. The van der Waals surface area contributed by atoms with E-state index in [-0.39, 0.29) is 39.3 Å². The van der Waals surface area contributed by atoms with E-state index in [9.17, 15) is 22.0 Å². The minimum atomic E-state index is -3.84. The fourth-order valence-electron chi connectivity index (χ4n) is 4.40. The molecule has 0 spiro atoms. The molecule has 144 valence electrons. The number of ether oxygens (including phenoxy) is 1. The number of carbonyl (C=O) groups excluding carboxylic acids is 1. The predicted octanol–water partition coefficient (Wildman–Crippen LogP) is 4.08. The summed E-state index contributed by atoms with van der Waals surface area (Å²) in [5.41, 5.74) is -1.12. The van der Waals surface area contributed by atoms with E-state index in [1.807, 2.05) is 13.8 Å². The van der Waals surface area contributed by atoms with Crippen molar-refractivity contribution in [2.75, 3.05) is 10.5 Å². The smallest absolute Gasteiger partial charge is 0.387 e. The molecule has 0 unspecified atom stereocenters. The van der Waals surface area contributed by atoms with Crippen LogP contribution in [0, 0.1) is 16.7 Å². The van der Waals surface area contributed by atoms with Gasteiger partial charge in [-0.1, -0.05) is 25.4 Å². The molecule has 0 radical (unpaired) electrons. The summed E-state index contributed by atoms with van der Waals surface area (Å²) in [4.78, 5) is 12.5. The van der Waals surface area contributed by atoms with Crippen molar-refractivity contribution in [1.82, 2.24) is 0 Å². The van der Waals surface area contributed by atoms with Gasteiger partial charge in [0.15, 0.2) is 0 Å². The number of anilines is 1. The normalized spacial score (nSPS) is 27.2. The molecule has 0 aliphatic heterocycles. The number of rotatable bonds is 6. The highest BCUT2D eigenvalue weighted by molar-refractivity contribution is 7.92. The fraction of sp³-hybridized carbons (Fsp3) is 0.588. The van der Waals surface area contributed by atoms with Gasteiger partial charge in [0.05, 0.1) is 21.9 Å². The van der Waals surface area contributed by atoms with Gasteiger partial charge in [-0.25, -0.2) is 8.42 Å². The van der Waals surface area contributed by atoms with Crippen LogP contribution < -0.4 is 9.46 Å². The highest BCUT2D eigenvalue weighted by Crippen LogP contribution is 2.64. The number of hydrogen-bond acceptors (Lipinski definition) is 4. The average Bonchev–Trinajstić information content (AvgIpc) is 2.83. The number of nitrogens with one attached hydrogen (secondary N) is 1. The molecular weight excluding hydrogens is 388 g/mol. The van der Waals surface area contributed by atoms with Crippen LogP contribution in [0.25, 0.3) is 0 Å². The number of carbonyl (C=O) groups is 1. The second-order valence-corrected chi connectivity index (χ2v) is 9.68. The van der Waals surface area contributed by atoms with Crippen molar-refractivity contribution in [1.29, 1.82) is 0 Å². The van der Waals surface area contributed by atoms with Crippen molar-refractivity contribution < 1.29 is 26.7 Å². The monoisotopic (exact) mass is 407 g/mol. The SMILES string of the molecule is CC1(C)[C@@H]2CC[C@@]1(CS(=O)(=O)Nc1ccc(OC(F)F)c(Cl)c1)C(=O)C2. The first-order chi connectivity index (χ1) is 12.0. The molecule has 26 heavy (non-hydrogen) atoms. The summed E-state index contributed by atoms with van der Waals surface area (Å²) in [6, 6.07) is 3.66. The zero-order valence-corrected chi connectivity index (χ0v) is 16.0. The molecule has 1 aromatic carbocycles. The van der Waals surface area contributed by atoms with Crippen molar-refractivity contribution in [2.45, 2.75) is 39.7 Å². The lowest BCUT2D eigenvalue weighted by molar-refractivity contribution is -0.128. The minimum absolute atomic E-state index is 0.00263. The van der Waals surface area contributed by atoms with Gasteiger partial charge in [-0.05, 0) is 42.4 Å². The maximum absolute atomic E-state index is 12.7. The molecule has 2 fully saturated rings. The van der Waals surface area contributed by atoms with Crippen LogP contribution in [0.4, 0.5) is 14.5 Å². The predicted molar refractivity (Wildman–Crippen MR) is 94.1 cm³/mol. The quantitative estimate of drug-likeness (QED) is 0.771. The summed E-state index contributed by atoms with van der Waals surface area (Å²) < 4.78 is 56.5. The van der Waals surface area contributed by atoms with E-state index in [1.165, 1.54) is 18.2 Å². The third kappa shape index (κ3) is 3.17. The third-order valence-electron chi connectivity index (χ3n) is 6.00. The van der Waals surface area contributed by atoms with Crippen molar-refractivity contribution in [3.05, 3.63) is 23.2 Å². The van der Waals surface area contributed by atoms with Crippen LogP contribution in [0.5, 0.6) is 5.75 Å². The van der Waals surface area contributed by atoms with Crippen LogP contribution in [0.1, 0.15) is 33.1 Å². The number of alkyl halides is 2. The standard InChI is InChI=1S/C17H20ClF2NO4S/c1-16(2)10-5-6-17(16,14(22)7-10)9-26(23,24)21-11-3-4-13(12(18)8-11)25-15(19)20/h3-4,8,10,15,21H,5-7,9H2,1-2H3/t10-,17-/m1/s1. The summed E-state index contributed by atoms with van der Waals surface area (Å²) in [7, 11) is -3.84. The molecule has 0 heterocycles. The number of benzene rings is 1. The van der Waals surface area contributed by atoms with Crippen LogP contribution in [0.15, 0.2) is 18.2 Å². The number of ketones is 1. The van der Waals surface area contributed by atoms with Gasteiger partial charge in [-0.2, -0.15) is 8.78 Å². The number of fused-ring (bicyclic) bond motifs is 2.